The summed E-state index contributed by atoms with van der Waals surface area (Å²) in [6.07, 6.45) is 0. The van der Waals surface area contributed by atoms with Gasteiger partial charge in [-0.25, -0.2) is 0 Å². The number of ether oxygens (including phenoxy) is 2. The van der Waals surface area contributed by atoms with Gasteiger partial charge in [0.2, 0.25) is 0 Å². The maximum absolute atomic E-state index is 9.64. The first-order chi connectivity index (χ1) is 8.92. The predicted molar refractivity (Wildman–Crippen MR) is 79.5 cm³/mol. The normalized spacial score (nSPS) is 11.6. The van der Waals surface area contributed by atoms with Crippen LogP contribution in [-0.4, -0.2) is 37.6 Å². The predicted octanol–water partition coefficient (Wildman–Crippen LogP) is 2.33. The minimum Gasteiger partial charge on any atom is -0.491 e. The molecular weight excluding hydrogens is 310 g/mol. The Hall–Kier alpha value is -0.620. The van der Waals surface area contributed by atoms with E-state index < -0.39 is 5.60 Å². The van der Waals surface area contributed by atoms with Crippen LogP contribution in [0.4, 0.5) is 0 Å². The first-order valence-electron chi connectivity index (χ1n) is 6.25. The third-order valence-corrected chi connectivity index (χ3v) is 3.18. The molecule has 1 aromatic rings. The highest BCUT2D eigenvalue weighted by molar-refractivity contribution is 9.10. The zero-order valence-corrected chi connectivity index (χ0v) is 13.3. The van der Waals surface area contributed by atoms with E-state index in [-0.39, 0.29) is 6.61 Å². The number of hydrogen-bond acceptors (Lipinski definition) is 4. The van der Waals surface area contributed by atoms with Crippen LogP contribution < -0.4 is 10.1 Å². The minimum atomic E-state index is -0.829. The molecule has 2 N–H and O–H groups in total. The van der Waals surface area contributed by atoms with E-state index in [9.17, 15) is 5.11 Å². The summed E-state index contributed by atoms with van der Waals surface area (Å²) in [5.41, 5.74) is 0.286. The quantitative estimate of drug-likeness (QED) is 0.718. The molecule has 5 heteroatoms. The van der Waals surface area contributed by atoms with E-state index >= 15 is 0 Å². The van der Waals surface area contributed by atoms with Crippen LogP contribution in [0.1, 0.15) is 19.4 Å². The molecule has 0 atom stereocenters. The molecule has 0 aromatic heterocycles. The Balaban J connectivity index is 2.56. The van der Waals surface area contributed by atoms with Gasteiger partial charge in [0.1, 0.15) is 12.4 Å². The largest absolute Gasteiger partial charge is 0.491 e. The molecule has 1 rings (SSSR count). The molecule has 0 spiro atoms. The summed E-state index contributed by atoms with van der Waals surface area (Å²) in [6.45, 7) is 5.94. The van der Waals surface area contributed by atoms with Gasteiger partial charge in [0, 0.05) is 24.7 Å². The van der Waals surface area contributed by atoms with Crippen LogP contribution in [0.5, 0.6) is 5.75 Å². The SMILES string of the molecule is COCCNCc1cc(OCC(C)(C)O)ccc1Br. The second-order valence-electron chi connectivity index (χ2n) is 5.02. The summed E-state index contributed by atoms with van der Waals surface area (Å²) in [4.78, 5) is 0. The molecule has 0 aliphatic rings. The van der Waals surface area contributed by atoms with Gasteiger partial charge in [-0.2, -0.15) is 0 Å². The maximum Gasteiger partial charge on any atom is 0.119 e. The minimum absolute atomic E-state index is 0.269. The van der Waals surface area contributed by atoms with Crippen LogP contribution in [0.2, 0.25) is 0 Å². The van der Waals surface area contributed by atoms with E-state index in [1.807, 2.05) is 18.2 Å². The molecule has 0 bridgehead atoms. The highest BCUT2D eigenvalue weighted by Gasteiger charge is 2.13. The molecule has 4 nitrogen and oxygen atoms in total. The lowest BCUT2D eigenvalue weighted by atomic mass is 10.1. The highest BCUT2D eigenvalue weighted by atomic mass is 79.9. The molecule has 0 amide bonds. The van der Waals surface area contributed by atoms with Crippen molar-refractivity contribution >= 4 is 15.9 Å². The van der Waals surface area contributed by atoms with E-state index in [4.69, 9.17) is 9.47 Å². The van der Waals surface area contributed by atoms with Gasteiger partial charge in [-0.05, 0) is 37.6 Å². The summed E-state index contributed by atoms with van der Waals surface area (Å²) in [7, 11) is 1.68. The van der Waals surface area contributed by atoms with Crippen LogP contribution in [0, 0.1) is 0 Å². The zero-order chi connectivity index (χ0) is 14.3. The Kier molecular flexibility index (Phi) is 6.79. The average Bonchev–Trinajstić information content (AvgIpc) is 2.34. The highest BCUT2D eigenvalue weighted by Crippen LogP contribution is 2.23. The smallest absolute Gasteiger partial charge is 0.119 e. The standard InChI is InChI=1S/C14H22BrNO3/c1-14(2,17)10-19-12-4-5-13(15)11(8-12)9-16-6-7-18-3/h4-5,8,16-17H,6-7,9-10H2,1-3H3. The molecule has 19 heavy (non-hydrogen) atoms. The van der Waals surface area contributed by atoms with Gasteiger partial charge in [-0.1, -0.05) is 15.9 Å². The zero-order valence-electron chi connectivity index (χ0n) is 11.7. The molecule has 1 aromatic carbocycles. The maximum atomic E-state index is 9.64. The molecule has 0 fully saturated rings. The molecule has 0 heterocycles. The van der Waals surface area contributed by atoms with E-state index in [0.29, 0.717) is 6.61 Å². The van der Waals surface area contributed by atoms with E-state index in [1.165, 1.54) is 0 Å². The van der Waals surface area contributed by atoms with Crippen LogP contribution >= 0.6 is 15.9 Å². The summed E-state index contributed by atoms with van der Waals surface area (Å²) < 4.78 is 11.6. The van der Waals surface area contributed by atoms with Gasteiger partial charge in [0.05, 0.1) is 12.2 Å². The second kappa shape index (κ2) is 7.85. The first kappa shape index (κ1) is 16.4. The number of methoxy groups -OCH3 is 1. The Labute approximate surface area is 123 Å². The van der Waals surface area contributed by atoms with Crippen molar-refractivity contribution in [2.75, 3.05) is 26.9 Å². The topological polar surface area (TPSA) is 50.7 Å². The van der Waals surface area contributed by atoms with Crippen molar-refractivity contribution in [3.05, 3.63) is 28.2 Å². The van der Waals surface area contributed by atoms with Gasteiger partial charge < -0.3 is 19.9 Å². The number of nitrogens with one attached hydrogen (secondary N) is 1. The summed E-state index contributed by atoms with van der Waals surface area (Å²) in [5, 5.41) is 12.9. The van der Waals surface area contributed by atoms with Crippen LogP contribution in [0.3, 0.4) is 0 Å². The molecule has 0 aliphatic carbocycles. The lowest BCUT2D eigenvalue weighted by Gasteiger charge is -2.18. The van der Waals surface area contributed by atoms with Crippen molar-refractivity contribution in [1.29, 1.82) is 0 Å². The fourth-order valence-electron chi connectivity index (χ4n) is 1.43. The number of hydrogen-bond donors (Lipinski definition) is 2. The summed E-state index contributed by atoms with van der Waals surface area (Å²) >= 11 is 3.51. The average molecular weight is 332 g/mol. The van der Waals surface area contributed by atoms with Crippen molar-refractivity contribution in [3.63, 3.8) is 0 Å². The molecule has 0 aliphatic heterocycles. The van der Waals surface area contributed by atoms with Gasteiger partial charge >= 0.3 is 0 Å². The summed E-state index contributed by atoms with van der Waals surface area (Å²) in [6, 6.07) is 5.80. The molecule has 0 saturated heterocycles. The van der Waals surface area contributed by atoms with E-state index in [1.54, 1.807) is 21.0 Å². The monoisotopic (exact) mass is 331 g/mol. The number of halogens is 1. The fraction of sp³-hybridized carbons (Fsp3) is 0.571. The fourth-order valence-corrected chi connectivity index (χ4v) is 1.82. The van der Waals surface area contributed by atoms with Crippen molar-refractivity contribution in [2.24, 2.45) is 0 Å². The van der Waals surface area contributed by atoms with E-state index in [0.717, 1.165) is 28.9 Å². The number of aliphatic hydroxyl groups is 1. The van der Waals surface area contributed by atoms with Gasteiger partial charge in [0.25, 0.3) is 0 Å². The van der Waals surface area contributed by atoms with Crippen molar-refractivity contribution in [2.45, 2.75) is 26.0 Å². The molecule has 108 valence electrons. The number of rotatable bonds is 8. The lowest BCUT2D eigenvalue weighted by molar-refractivity contribution is 0.0284. The first-order valence-corrected chi connectivity index (χ1v) is 7.05. The Morgan fingerprint density at radius 3 is 2.74 bits per heavy atom. The molecule has 0 unspecified atom stereocenters. The van der Waals surface area contributed by atoms with Gasteiger partial charge in [0.15, 0.2) is 0 Å². The van der Waals surface area contributed by atoms with Crippen molar-refractivity contribution in [1.82, 2.24) is 5.32 Å². The lowest BCUT2D eigenvalue weighted by Crippen LogP contribution is -2.27. The molecule has 0 radical (unpaired) electrons. The Morgan fingerprint density at radius 2 is 2.11 bits per heavy atom. The van der Waals surface area contributed by atoms with Crippen LogP contribution in [0.15, 0.2) is 22.7 Å². The molecule has 0 saturated carbocycles. The van der Waals surface area contributed by atoms with E-state index in [2.05, 4.69) is 21.2 Å². The van der Waals surface area contributed by atoms with Gasteiger partial charge in [-0.3, -0.25) is 0 Å². The second-order valence-corrected chi connectivity index (χ2v) is 5.88. The van der Waals surface area contributed by atoms with Crippen LogP contribution in [0.25, 0.3) is 0 Å². The van der Waals surface area contributed by atoms with Gasteiger partial charge in [-0.15, -0.1) is 0 Å². The molecular formula is C14H22BrNO3. The van der Waals surface area contributed by atoms with Crippen molar-refractivity contribution < 1.29 is 14.6 Å². The Morgan fingerprint density at radius 1 is 1.37 bits per heavy atom. The number of benzene rings is 1. The third-order valence-electron chi connectivity index (χ3n) is 2.41. The summed E-state index contributed by atoms with van der Waals surface area (Å²) in [5.74, 6) is 0.758. The van der Waals surface area contributed by atoms with Crippen molar-refractivity contribution in [3.8, 4) is 5.75 Å². The third kappa shape index (κ3) is 6.92. The van der Waals surface area contributed by atoms with Crippen LogP contribution in [-0.2, 0) is 11.3 Å². The Bertz CT molecular complexity index is 391.